The number of urea groups is 1. The predicted molar refractivity (Wildman–Crippen MR) is 101 cm³/mol. The van der Waals surface area contributed by atoms with Crippen molar-refractivity contribution in [3.05, 3.63) is 51.7 Å². The van der Waals surface area contributed by atoms with Crippen LogP contribution >= 0.6 is 11.3 Å². The van der Waals surface area contributed by atoms with Crippen molar-refractivity contribution in [3.63, 3.8) is 0 Å². The summed E-state index contributed by atoms with van der Waals surface area (Å²) in [6.45, 7) is 4.29. The number of amides is 3. The summed E-state index contributed by atoms with van der Waals surface area (Å²) in [7, 11) is 0. The number of carbonyl (C=O) groups is 2. The lowest BCUT2D eigenvalue weighted by atomic mass is 10.1. The van der Waals surface area contributed by atoms with Crippen LogP contribution in [0, 0.1) is 0 Å². The summed E-state index contributed by atoms with van der Waals surface area (Å²) in [5.41, 5.74) is 2.91. The van der Waals surface area contributed by atoms with Crippen molar-refractivity contribution in [3.8, 4) is 0 Å². The summed E-state index contributed by atoms with van der Waals surface area (Å²) >= 11 is 1.51. The molecular weight excluding hydrogens is 334 g/mol. The average molecular weight is 357 g/mol. The molecule has 0 bridgehead atoms. The number of anilines is 1. The van der Waals surface area contributed by atoms with E-state index in [0.29, 0.717) is 12.5 Å². The van der Waals surface area contributed by atoms with Gasteiger partial charge in [0.05, 0.1) is 4.88 Å². The van der Waals surface area contributed by atoms with Gasteiger partial charge in [-0.3, -0.25) is 4.79 Å². The first-order valence-electron chi connectivity index (χ1n) is 8.55. The number of thiophene rings is 1. The summed E-state index contributed by atoms with van der Waals surface area (Å²) < 4.78 is 0. The molecule has 1 saturated carbocycles. The SMILES string of the molecule is CC(C)NC(=O)Nc1ccc(CNC(=O)c2sccc2C2CC2)cc1. The van der Waals surface area contributed by atoms with E-state index in [1.807, 2.05) is 43.5 Å². The molecule has 3 rings (SSSR count). The summed E-state index contributed by atoms with van der Waals surface area (Å²) in [5, 5.41) is 10.5. The van der Waals surface area contributed by atoms with Crippen molar-refractivity contribution in [1.82, 2.24) is 10.6 Å². The number of hydrogen-bond acceptors (Lipinski definition) is 3. The fourth-order valence-corrected chi connectivity index (χ4v) is 3.52. The van der Waals surface area contributed by atoms with E-state index in [1.165, 1.54) is 29.7 Å². The zero-order valence-corrected chi connectivity index (χ0v) is 15.3. The van der Waals surface area contributed by atoms with Gasteiger partial charge in [0.25, 0.3) is 5.91 Å². The smallest absolute Gasteiger partial charge is 0.319 e. The maximum Gasteiger partial charge on any atom is 0.319 e. The van der Waals surface area contributed by atoms with Crippen LogP contribution in [0.4, 0.5) is 10.5 Å². The van der Waals surface area contributed by atoms with E-state index >= 15 is 0 Å². The zero-order chi connectivity index (χ0) is 17.8. The highest BCUT2D eigenvalue weighted by atomic mass is 32.1. The van der Waals surface area contributed by atoms with Crippen LogP contribution in [0.25, 0.3) is 0 Å². The molecule has 1 aromatic heterocycles. The predicted octanol–water partition coefficient (Wildman–Crippen LogP) is 4.09. The Morgan fingerprint density at radius 2 is 1.88 bits per heavy atom. The minimum Gasteiger partial charge on any atom is -0.347 e. The van der Waals surface area contributed by atoms with E-state index in [-0.39, 0.29) is 18.0 Å². The second-order valence-corrected chi connectivity index (χ2v) is 7.53. The molecule has 3 N–H and O–H groups in total. The van der Waals surface area contributed by atoms with E-state index in [4.69, 9.17) is 0 Å². The molecule has 0 atom stereocenters. The Bertz CT molecular complexity index is 748. The molecule has 1 aliphatic carbocycles. The van der Waals surface area contributed by atoms with E-state index in [9.17, 15) is 9.59 Å². The Labute approximate surface area is 151 Å². The van der Waals surface area contributed by atoms with Crippen LogP contribution in [0.2, 0.25) is 0 Å². The molecule has 0 saturated heterocycles. The van der Waals surface area contributed by atoms with Crippen LogP contribution in [-0.2, 0) is 6.54 Å². The largest absolute Gasteiger partial charge is 0.347 e. The van der Waals surface area contributed by atoms with Crippen molar-refractivity contribution in [1.29, 1.82) is 0 Å². The molecule has 0 unspecified atom stereocenters. The maximum atomic E-state index is 12.4. The molecule has 1 aromatic carbocycles. The standard InChI is InChI=1S/C19H23N3O2S/c1-12(2)21-19(24)22-15-7-3-13(4-8-15)11-20-18(23)17-16(9-10-25-17)14-5-6-14/h3-4,7-10,12,14H,5-6,11H2,1-2H3,(H,20,23)(H2,21,22,24). The average Bonchev–Trinajstić information content (AvgIpc) is 3.30. The first kappa shape index (κ1) is 17.5. The third-order valence-corrected chi connectivity index (χ3v) is 4.93. The first-order valence-corrected chi connectivity index (χ1v) is 9.43. The normalized spacial score (nSPS) is 13.6. The number of carbonyl (C=O) groups excluding carboxylic acids is 2. The Balaban J connectivity index is 1.52. The highest BCUT2D eigenvalue weighted by Crippen LogP contribution is 2.43. The van der Waals surface area contributed by atoms with Crippen LogP contribution in [0.15, 0.2) is 35.7 Å². The summed E-state index contributed by atoms with van der Waals surface area (Å²) in [5.74, 6) is 0.574. The minimum absolute atomic E-state index is 0.00425. The Kier molecular flexibility index (Phi) is 5.38. The summed E-state index contributed by atoms with van der Waals surface area (Å²) in [6.07, 6.45) is 2.38. The van der Waals surface area contributed by atoms with Gasteiger partial charge < -0.3 is 16.0 Å². The molecule has 0 radical (unpaired) electrons. The number of benzene rings is 1. The molecule has 0 spiro atoms. The van der Waals surface area contributed by atoms with Crippen LogP contribution < -0.4 is 16.0 Å². The number of nitrogens with one attached hydrogen (secondary N) is 3. The van der Waals surface area contributed by atoms with E-state index in [0.717, 1.165) is 16.1 Å². The molecule has 6 heteroatoms. The van der Waals surface area contributed by atoms with Crippen molar-refractivity contribution in [2.45, 2.75) is 45.2 Å². The summed E-state index contributed by atoms with van der Waals surface area (Å²) in [6, 6.07) is 9.42. The van der Waals surface area contributed by atoms with Gasteiger partial charge in [-0.1, -0.05) is 12.1 Å². The molecule has 1 fully saturated rings. The first-order chi connectivity index (χ1) is 12.0. The molecule has 2 aromatic rings. The second kappa shape index (κ2) is 7.70. The lowest BCUT2D eigenvalue weighted by Crippen LogP contribution is -2.34. The third kappa shape index (κ3) is 4.82. The molecule has 5 nitrogen and oxygen atoms in total. The van der Waals surface area contributed by atoms with Gasteiger partial charge in [-0.05, 0) is 67.3 Å². The Hall–Kier alpha value is -2.34. The highest BCUT2D eigenvalue weighted by molar-refractivity contribution is 7.12. The highest BCUT2D eigenvalue weighted by Gasteiger charge is 2.28. The minimum atomic E-state index is -0.221. The van der Waals surface area contributed by atoms with Crippen LogP contribution in [-0.4, -0.2) is 18.0 Å². The summed E-state index contributed by atoms with van der Waals surface area (Å²) in [4.78, 5) is 24.9. The molecule has 25 heavy (non-hydrogen) atoms. The Morgan fingerprint density at radius 1 is 1.16 bits per heavy atom. The zero-order valence-electron chi connectivity index (χ0n) is 14.5. The van der Waals surface area contributed by atoms with Gasteiger partial charge in [0.1, 0.15) is 0 Å². The van der Waals surface area contributed by atoms with Crippen molar-refractivity contribution in [2.75, 3.05) is 5.32 Å². The fraction of sp³-hybridized carbons (Fsp3) is 0.368. The van der Waals surface area contributed by atoms with E-state index < -0.39 is 0 Å². The number of hydrogen-bond donors (Lipinski definition) is 3. The Morgan fingerprint density at radius 3 is 2.52 bits per heavy atom. The molecule has 1 aliphatic rings. The van der Waals surface area contributed by atoms with Gasteiger partial charge in [0.2, 0.25) is 0 Å². The monoisotopic (exact) mass is 357 g/mol. The molecule has 0 aliphatic heterocycles. The number of rotatable bonds is 6. The van der Waals surface area contributed by atoms with Crippen molar-refractivity contribution >= 4 is 29.0 Å². The quantitative estimate of drug-likeness (QED) is 0.729. The maximum absolute atomic E-state index is 12.4. The molecule has 3 amide bonds. The van der Waals surface area contributed by atoms with Gasteiger partial charge in [-0.25, -0.2) is 4.79 Å². The lowest BCUT2D eigenvalue weighted by molar-refractivity contribution is 0.0954. The third-order valence-electron chi connectivity index (χ3n) is 4.00. The topological polar surface area (TPSA) is 70.2 Å². The van der Waals surface area contributed by atoms with Crippen LogP contribution in [0.3, 0.4) is 0 Å². The molecule has 1 heterocycles. The van der Waals surface area contributed by atoms with Crippen molar-refractivity contribution < 1.29 is 9.59 Å². The molecule has 132 valence electrons. The van der Waals surface area contributed by atoms with Gasteiger partial charge in [0.15, 0.2) is 0 Å². The van der Waals surface area contributed by atoms with Crippen LogP contribution in [0.5, 0.6) is 0 Å². The van der Waals surface area contributed by atoms with Gasteiger partial charge >= 0.3 is 6.03 Å². The van der Waals surface area contributed by atoms with Gasteiger partial charge in [-0.2, -0.15) is 0 Å². The van der Waals surface area contributed by atoms with E-state index in [1.54, 1.807) is 0 Å². The van der Waals surface area contributed by atoms with Gasteiger partial charge in [-0.15, -0.1) is 11.3 Å². The lowest BCUT2D eigenvalue weighted by Gasteiger charge is -2.11. The molecular formula is C19H23N3O2S. The van der Waals surface area contributed by atoms with E-state index in [2.05, 4.69) is 22.0 Å². The van der Waals surface area contributed by atoms with Crippen molar-refractivity contribution in [2.24, 2.45) is 0 Å². The van der Waals surface area contributed by atoms with Crippen LogP contribution in [0.1, 0.15) is 53.4 Å². The second-order valence-electron chi connectivity index (χ2n) is 6.61. The van der Waals surface area contributed by atoms with Gasteiger partial charge in [0, 0.05) is 18.3 Å². The fourth-order valence-electron chi connectivity index (χ4n) is 2.62.